The topological polar surface area (TPSA) is 102 Å². The molecule has 0 N–H and O–H groups in total. The molecule has 1 fully saturated rings. The number of pyridine rings is 1. The second-order valence-corrected chi connectivity index (χ2v) is 9.16. The van der Waals surface area contributed by atoms with Crippen molar-refractivity contribution in [1.82, 2.24) is 4.98 Å². The number of non-ortho nitro benzene ring substituents is 1. The molecule has 0 bridgehead atoms. The molecule has 178 valence electrons. The molecule has 0 aliphatic carbocycles. The number of aliphatic imine (C=N–C) groups is 1. The summed E-state index contributed by atoms with van der Waals surface area (Å²) in [5, 5.41) is 11.6. The van der Waals surface area contributed by atoms with Crippen LogP contribution in [0.25, 0.3) is 17.4 Å². The van der Waals surface area contributed by atoms with Crippen molar-refractivity contribution in [3.05, 3.63) is 110 Å². The van der Waals surface area contributed by atoms with Crippen LogP contribution in [-0.4, -0.2) is 21.0 Å². The van der Waals surface area contributed by atoms with Gasteiger partial charge in [-0.2, -0.15) is 0 Å². The zero-order valence-corrected chi connectivity index (χ0v) is 20.4. The molecular weight excluding hydrogens is 500 g/mol. The molecule has 4 aromatic rings. The predicted octanol–water partition coefficient (Wildman–Crippen LogP) is 7.02. The van der Waals surface area contributed by atoms with Crippen LogP contribution in [0.5, 0.6) is 0 Å². The van der Waals surface area contributed by atoms with Crippen molar-refractivity contribution in [1.29, 1.82) is 0 Å². The van der Waals surface area contributed by atoms with Crippen molar-refractivity contribution in [2.45, 2.75) is 6.92 Å². The number of thioether (sulfide) groups is 1. The third kappa shape index (κ3) is 4.79. The Morgan fingerprint density at radius 1 is 1.08 bits per heavy atom. The fourth-order valence-corrected chi connectivity index (χ4v) is 4.80. The number of furan rings is 1. The summed E-state index contributed by atoms with van der Waals surface area (Å²) in [6, 6.07) is 22.3. The predicted molar refractivity (Wildman–Crippen MR) is 141 cm³/mol. The number of carbonyl (C=O) groups excluding carboxylic acids is 1. The number of hydrogen-bond donors (Lipinski definition) is 0. The van der Waals surface area contributed by atoms with E-state index < -0.39 is 4.92 Å². The first-order valence-corrected chi connectivity index (χ1v) is 11.9. The highest BCUT2D eigenvalue weighted by Gasteiger charge is 2.35. The van der Waals surface area contributed by atoms with E-state index in [0.29, 0.717) is 38.7 Å². The first-order valence-electron chi connectivity index (χ1n) is 10.7. The van der Waals surface area contributed by atoms with E-state index in [0.717, 1.165) is 5.69 Å². The summed E-state index contributed by atoms with van der Waals surface area (Å²) in [5.74, 6) is 1.11. The molecule has 1 aliphatic rings. The molecule has 1 amide bonds. The Morgan fingerprint density at radius 3 is 2.61 bits per heavy atom. The Labute approximate surface area is 215 Å². The lowest BCUT2D eigenvalue weighted by Crippen LogP contribution is -2.28. The number of anilines is 1. The Bertz CT molecular complexity index is 1550. The lowest BCUT2D eigenvalue weighted by Gasteiger charge is -2.15. The van der Waals surface area contributed by atoms with Gasteiger partial charge in [-0.25, -0.2) is 9.98 Å². The smallest absolute Gasteiger partial charge is 0.271 e. The second kappa shape index (κ2) is 9.80. The van der Waals surface area contributed by atoms with Crippen LogP contribution in [0, 0.1) is 17.0 Å². The van der Waals surface area contributed by atoms with Gasteiger partial charge < -0.3 is 4.42 Å². The molecule has 8 nitrogen and oxygen atoms in total. The number of nitro groups is 1. The van der Waals surface area contributed by atoms with E-state index in [9.17, 15) is 14.9 Å². The Kier molecular flexibility index (Phi) is 6.41. The van der Waals surface area contributed by atoms with Crippen molar-refractivity contribution in [2.24, 2.45) is 4.99 Å². The third-order valence-electron chi connectivity index (χ3n) is 5.23. The summed E-state index contributed by atoms with van der Waals surface area (Å²) in [6.07, 6.45) is 1.64. The lowest BCUT2D eigenvalue weighted by molar-refractivity contribution is -0.384. The molecule has 1 aliphatic heterocycles. The number of halogens is 1. The minimum atomic E-state index is -0.513. The average molecular weight is 517 g/mol. The van der Waals surface area contributed by atoms with Crippen LogP contribution < -0.4 is 4.90 Å². The number of hydrogen-bond acceptors (Lipinski definition) is 7. The number of aromatic nitrogens is 1. The first-order chi connectivity index (χ1) is 17.4. The zero-order valence-electron chi connectivity index (χ0n) is 18.8. The SMILES string of the molecule is Cc1cccc(/N=C2/S/C(=C/c3ccc(-c4ccc([N+](=O)[O-])cc4Cl)o3)C(=O)N2c2ccccc2)n1. The summed E-state index contributed by atoms with van der Waals surface area (Å²) in [6.45, 7) is 1.88. The number of amidine groups is 1. The molecule has 0 spiro atoms. The van der Waals surface area contributed by atoms with Gasteiger partial charge in [-0.1, -0.05) is 35.9 Å². The molecule has 0 atom stereocenters. The van der Waals surface area contributed by atoms with Crippen LogP contribution in [-0.2, 0) is 4.79 Å². The van der Waals surface area contributed by atoms with E-state index >= 15 is 0 Å². The number of nitrogens with zero attached hydrogens (tertiary/aromatic N) is 4. The van der Waals surface area contributed by atoms with Gasteiger partial charge in [0.2, 0.25) is 0 Å². The summed E-state index contributed by atoms with van der Waals surface area (Å²) in [4.78, 5) is 34.9. The number of nitro benzene ring substituents is 1. The lowest BCUT2D eigenvalue weighted by atomic mass is 10.1. The van der Waals surface area contributed by atoms with Gasteiger partial charge in [0.1, 0.15) is 11.5 Å². The molecule has 3 heterocycles. The van der Waals surface area contributed by atoms with Gasteiger partial charge in [-0.3, -0.25) is 19.8 Å². The molecule has 0 unspecified atom stereocenters. The van der Waals surface area contributed by atoms with Crippen LogP contribution in [0.3, 0.4) is 0 Å². The molecule has 2 aromatic heterocycles. The minimum absolute atomic E-state index is 0.110. The van der Waals surface area contributed by atoms with E-state index in [1.54, 1.807) is 24.3 Å². The summed E-state index contributed by atoms with van der Waals surface area (Å²) in [7, 11) is 0. The quantitative estimate of drug-likeness (QED) is 0.160. The van der Waals surface area contributed by atoms with E-state index in [2.05, 4.69) is 9.98 Å². The number of carbonyl (C=O) groups is 1. The summed E-state index contributed by atoms with van der Waals surface area (Å²) >= 11 is 7.46. The van der Waals surface area contributed by atoms with Crippen LogP contribution in [0.15, 0.2) is 93.2 Å². The van der Waals surface area contributed by atoms with E-state index in [-0.39, 0.29) is 16.6 Å². The van der Waals surface area contributed by atoms with Crippen LogP contribution >= 0.6 is 23.4 Å². The Balaban J connectivity index is 1.49. The highest BCUT2D eigenvalue weighted by Crippen LogP contribution is 2.38. The Hall–Kier alpha value is -4.21. The van der Waals surface area contributed by atoms with Gasteiger partial charge in [0, 0.05) is 29.5 Å². The maximum atomic E-state index is 13.4. The van der Waals surface area contributed by atoms with Crippen molar-refractivity contribution in [3.8, 4) is 11.3 Å². The maximum absolute atomic E-state index is 13.4. The molecule has 2 aromatic carbocycles. The fourth-order valence-electron chi connectivity index (χ4n) is 3.56. The van der Waals surface area contributed by atoms with Crippen molar-refractivity contribution in [3.63, 3.8) is 0 Å². The van der Waals surface area contributed by atoms with Crippen molar-refractivity contribution in [2.75, 3.05) is 4.90 Å². The van der Waals surface area contributed by atoms with Crippen molar-refractivity contribution < 1.29 is 14.1 Å². The van der Waals surface area contributed by atoms with E-state index in [4.69, 9.17) is 16.0 Å². The minimum Gasteiger partial charge on any atom is -0.457 e. The fraction of sp³-hybridized carbons (Fsp3) is 0.0385. The molecule has 1 saturated heterocycles. The molecule has 36 heavy (non-hydrogen) atoms. The molecule has 0 radical (unpaired) electrons. The highest BCUT2D eigenvalue weighted by atomic mass is 35.5. The van der Waals surface area contributed by atoms with E-state index in [1.165, 1.54) is 34.9 Å². The number of aryl methyl sites for hydroxylation is 1. The van der Waals surface area contributed by atoms with Crippen molar-refractivity contribution >= 4 is 57.7 Å². The second-order valence-electron chi connectivity index (χ2n) is 7.74. The van der Waals surface area contributed by atoms with Gasteiger partial charge in [0.25, 0.3) is 11.6 Å². The number of para-hydroxylation sites is 1. The van der Waals surface area contributed by atoms with Gasteiger partial charge in [-0.15, -0.1) is 0 Å². The molecule has 5 rings (SSSR count). The number of benzene rings is 2. The third-order valence-corrected chi connectivity index (χ3v) is 6.52. The van der Waals surface area contributed by atoms with E-state index in [1.807, 2.05) is 49.4 Å². The zero-order chi connectivity index (χ0) is 25.2. The van der Waals surface area contributed by atoms with Crippen LogP contribution in [0.2, 0.25) is 5.02 Å². The maximum Gasteiger partial charge on any atom is 0.271 e. The summed E-state index contributed by atoms with van der Waals surface area (Å²) in [5.41, 5.74) is 1.90. The van der Waals surface area contributed by atoms with Gasteiger partial charge in [-0.05, 0) is 61.2 Å². The molecule has 0 saturated carbocycles. The summed E-state index contributed by atoms with van der Waals surface area (Å²) < 4.78 is 5.90. The molecular formula is C26H17ClN4O4S. The number of amides is 1. The normalized spacial score (nSPS) is 15.7. The Morgan fingerprint density at radius 2 is 1.89 bits per heavy atom. The highest BCUT2D eigenvalue weighted by molar-refractivity contribution is 8.19. The monoisotopic (exact) mass is 516 g/mol. The molecule has 10 heteroatoms. The van der Waals surface area contributed by atoms with Gasteiger partial charge in [0.15, 0.2) is 11.0 Å². The van der Waals surface area contributed by atoms with Gasteiger partial charge in [0.05, 0.1) is 20.5 Å². The standard InChI is InChI=1S/C26H17ClN4O4S/c1-16-6-5-9-24(28-16)29-26-30(17-7-3-2-4-8-17)25(32)23(36-26)15-19-11-13-22(35-19)20-12-10-18(31(33)34)14-21(20)27/h2-15H,1H3/b23-15+,29-26+. The number of rotatable bonds is 5. The first kappa shape index (κ1) is 23.5. The largest absolute Gasteiger partial charge is 0.457 e. The van der Waals surface area contributed by atoms with Crippen LogP contribution in [0.4, 0.5) is 17.2 Å². The van der Waals surface area contributed by atoms with Crippen LogP contribution in [0.1, 0.15) is 11.5 Å². The van der Waals surface area contributed by atoms with Gasteiger partial charge >= 0.3 is 0 Å². The average Bonchev–Trinajstić information content (AvgIpc) is 3.44.